The molecule has 1 amide bonds. The van der Waals surface area contributed by atoms with Gasteiger partial charge < -0.3 is 14.5 Å². The third-order valence-electron chi connectivity index (χ3n) is 6.86. The predicted octanol–water partition coefficient (Wildman–Crippen LogP) is 3.24. The van der Waals surface area contributed by atoms with Crippen LogP contribution in [0.15, 0.2) is 5.16 Å². The zero-order valence-corrected chi connectivity index (χ0v) is 20.9. The van der Waals surface area contributed by atoms with E-state index >= 15 is 0 Å². The first-order valence-electron chi connectivity index (χ1n) is 11.4. The molecule has 1 saturated carbocycles. The average Bonchev–Trinajstić information content (AvgIpc) is 3.41. The molecule has 2 fully saturated rings. The zero-order valence-electron chi connectivity index (χ0n) is 19.3. The fraction of sp³-hybridized carbons (Fsp3) is 0.636. The highest BCUT2D eigenvalue weighted by Crippen LogP contribution is 2.37. The summed E-state index contributed by atoms with van der Waals surface area (Å²) in [5, 5.41) is 21.7. The molecule has 9 nitrogen and oxygen atoms in total. The van der Waals surface area contributed by atoms with Crippen molar-refractivity contribution in [3.05, 3.63) is 22.6 Å². The minimum absolute atomic E-state index is 0.0952. The van der Waals surface area contributed by atoms with Crippen LogP contribution in [0.5, 0.6) is 0 Å². The van der Waals surface area contributed by atoms with Gasteiger partial charge in [-0.05, 0) is 38.7 Å². The van der Waals surface area contributed by atoms with E-state index in [1.54, 1.807) is 11.6 Å². The predicted molar refractivity (Wildman–Crippen MR) is 127 cm³/mol. The Hall–Kier alpha value is -2.32. The molecule has 1 aliphatic heterocycles. The summed E-state index contributed by atoms with van der Waals surface area (Å²) in [6.45, 7) is 3.95. The maximum Gasteiger partial charge on any atom is 0.235 e. The van der Waals surface area contributed by atoms with Crippen molar-refractivity contribution in [3.8, 4) is 6.07 Å². The highest BCUT2D eigenvalue weighted by atomic mass is 32.2. The standard InChI is InChI=1S/C22H30N6O3S2/c1-14-15(2)28(17-7-5-4-6-8-17)21(18(14)11-23)24-19(29)12-32-22-26-25-20(27(22)3)16-9-10-33(30,31)13-16/h16-17H,4-10,12-13H2,1-3H3,(H,24,29)/t16-/m0/s1. The first-order valence-corrected chi connectivity index (χ1v) is 14.2. The van der Waals surface area contributed by atoms with Gasteiger partial charge in [0.15, 0.2) is 15.0 Å². The number of hydrogen-bond acceptors (Lipinski definition) is 7. The van der Waals surface area contributed by atoms with Gasteiger partial charge in [0.05, 0.1) is 22.8 Å². The highest BCUT2D eigenvalue weighted by Gasteiger charge is 2.33. The van der Waals surface area contributed by atoms with Crippen molar-refractivity contribution in [2.75, 3.05) is 22.6 Å². The van der Waals surface area contributed by atoms with Gasteiger partial charge in [0.2, 0.25) is 5.91 Å². The third-order valence-corrected chi connectivity index (χ3v) is 9.65. The van der Waals surface area contributed by atoms with Crippen LogP contribution in [-0.4, -0.2) is 50.9 Å². The normalized spacial score (nSPS) is 20.6. The van der Waals surface area contributed by atoms with Crippen molar-refractivity contribution in [1.29, 1.82) is 5.26 Å². The SMILES string of the molecule is Cc1c(C#N)c(NC(=O)CSc2nnc([C@H]3CCS(=O)(=O)C3)n2C)n(C2CCCCC2)c1C. The molecular formula is C22H30N6O3S2. The Bertz CT molecular complexity index is 1200. The Morgan fingerprint density at radius 3 is 2.58 bits per heavy atom. The smallest absolute Gasteiger partial charge is 0.235 e. The van der Waals surface area contributed by atoms with Crippen molar-refractivity contribution >= 4 is 33.3 Å². The van der Waals surface area contributed by atoms with Crippen LogP contribution < -0.4 is 5.32 Å². The highest BCUT2D eigenvalue weighted by molar-refractivity contribution is 7.99. The maximum atomic E-state index is 12.9. The third kappa shape index (κ3) is 4.82. The summed E-state index contributed by atoms with van der Waals surface area (Å²) in [5.74, 6) is 1.27. The fourth-order valence-corrected chi connectivity index (χ4v) is 7.44. The van der Waals surface area contributed by atoms with Gasteiger partial charge in [-0.15, -0.1) is 10.2 Å². The number of sulfone groups is 1. The van der Waals surface area contributed by atoms with Crippen LogP contribution in [-0.2, 0) is 21.7 Å². The maximum absolute atomic E-state index is 12.9. The molecular weight excluding hydrogens is 460 g/mol. The number of carbonyl (C=O) groups is 1. The summed E-state index contributed by atoms with van der Waals surface area (Å²) in [6, 6.07) is 2.57. The van der Waals surface area contributed by atoms with Gasteiger partial charge in [-0.25, -0.2) is 8.42 Å². The number of nitriles is 1. The number of nitrogens with zero attached hydrogens (tertiary/aromatic N) is 5. The molecule has 1 N–H and O–H groups in total. The molecule has 2 aromatic rings. The molecule has 0 unspecified atom stereocenters. The molecule has 0 aromatic carbocycles. The van der Waals surface area contributed by atoms with Crippen molar-refractivity contribution in [2.45, 2.75) is 69.5 Å². The van der Waals surface area contributed by atoms with Crippen LogP contribution in [0.3, 0.4) is 0 Å². The number of anilines is 1. The van der Waals surface area contributed by atoms with Gasteiger partial charge in [-0.1, -0.05) is 31.0 Å². The number of rotatable bonds is 6. The number of aromatic nitrogens is 4. The number of nitrogens with one attached hydrogen (secondary N) is 1. The Balaban J connectivity index is 1.47. The van der Waals surface area contributed by atoms with Crippen LogP contribution in [0.25, 0.3) is 0 Å². The summed E-state index contributed by atoms with van der Waals surface area (Å²) in [7, 11) is -1.21. The fourth-order valence-electron chi connectivity index (χ4n) is 4.99. The molecule has 2 aliphatic rings. The van der Waals surface area contributed by atoms with Gasteiger partial charge >= 0.3 is 0 Å². The van der Waals surface area contributed by atoms with Crippen molar-refractivity contribution in [1.82, 2.24) is 19.3 Å². The number of hydrogen-bond donors (Lipinski definition) is 1. The second kappa shape index (κ2) is 9.50. The summed E-state index contributed by atoms with van der Waals surface area (Å²) in [4.78, 5) is 12.9. The van der Waals surface area contributed by atoms with Gasteiger partial charge in [0.25, 0.3) is 0 Å². The van der Waals surface area contributed by atoms with Crippen molar-refractivity contribution in [2.24, 2.45) is 7.05 Å². The van der Waals surface area contributed by atoms with Gasteiger partial charge in [0, 0.05) is 24.7 Å². The molecule has 1 atom stereocenters. The Labute approximate surface area is 198 Å². The van der Waals surface area contributed by atoms with Crippen LogP contribution in [0.2, 0.25) is 0 Å². The Morgan fingerprint density at radius 2 is 1.94 bits per heavy atom. The lowest BCUT2D eigenvalue weighted by atomic mass is 9.95. The topological polar surface area (TPSA) is 123 Å². The molecule has 0 bridgehead atoms. The summed E-state index contributed by atoms with van der Waals surface area (Å²) in [5.41, 5.74) is 2.47. The van der Waals surface area contributed by atoms with E-state index in [9.17, 15) is 18.5 Å². The minimum Gasteiger partial charge on any atom is -0.327 e. The quantitative estimate of drug-likeness (QED) is 0.617. The van der Waals surface area contributed by atoms with E-state index in [0.717, 1.165) is 36.9 Å². The summed E-state index contributed by atoms with van der Waals surface area (Å²) >= 11 is 1.26. The lowest BCUT2D eigenvalue weighted by Gasteiger charge is -2.27. The lowest BCUT2D eigenvalue weighted by molar-refractivity contribution is -0.113. The second-order valence-corrected chi connectivity index (χ2v) is 12.2. The summed E-state index contributed by atoms with van der Waals surface area (Å²) in [6.07, 6.45) is 6.19. The number of carbonyl (C=O) groups excluding carboxylic acids is 1. The molecule has 3 heterocycles. The molecule has 2 aromatic heterocycles. The van der Waals surface area contributed by atoms with Crippen molar-refractivity contribution < 1.29 is 13.2 Å². The number of thioether (sulfide) groups is 1. The van der Waals surface area contributed by atoms with Gasteiger partial charge in [-0.2, -0.15) is 5.26 Å². The van der Waals surface area contributed by atoms with E-state index in [2.05, 4.69) is 26.2 Å². The molecule has 33 heavy (non-hydrogen) atoms. The molecule has 1 saturated heterocycles. The van der Waals surface area contributed by atoms with Gasteiger partial charge in [0.1, 0.15) is 17.7 Å². The van der Waals surface area contributed by atoms with Crippen LogP contribution in [0.4, 0.5) is 5.82 Å². The van der Waals surface area contributed by atoms with E-state index in [0.29, 0.717) is 34.8 Å². The lowest BCUT2D eigenvalue weighted by Crippen LogP contribution is -2.22. The average molecular weight is 491 g/mol. The van der Waals surface area contributed by atoms with E-state index in [1.807, 2.05) is 13.8 Å². The number of amides is 1. The Morgan fingerprint density at radius 1 is 1.21 bits per heavy atom. The Kier molecular flexibility index (Phi) is 6.86. The first kappa shape index (κ1) is 23.8. The molecule has 1 aliphatic carbocycles. The second-order valence-electron chi connectivity index (χ2n) is 9.04. The van der Waals surface area contributed by atoms with E-state index < -0.39 is 9.84 Å². The van der Waals surface area contributed by atoms with Crippen LogP contribution in [0, 0.1) is 25.2 Å². The van der Waals surface area contributed by atoms with E-state index in [1.165, 1.54) is 18.2 Å². The first-order chi connectivity index (χ1) is 15.7. The molecule has 178 valence electrons. The van der Waals surface area contributed by atoms with E-state index in [-0.39, 0.29) is 29.1 Å². The molecule has 0 radical (unpaired) electrons. The largest absolute Gasteiger partial charge is 0.327 e. The minimum atomic E-state index is -3.01. The molecule has 0 spiro atoms. The zero-order chi connectivity index (χ0) is 23.8. The van der Waals surface area contributed by atoms with Crippen LogP contribution in [0.1, 0.15) is 73.1 Å². The van der Waals surface area contributed by atoms with Crippen LogP contribution >= 0.6 is 11.8 Å². The molecule has 11 heteroatoms. The monoisotopic (exact) mass is 490 g/mol. The molecule has 4 rings (SSSR count). The summed E-state index contributed by atoms with van der Waals surface area (Å²) < 4.78 is 27.5. The van der Waals surface area contributed by atoms with Crippen molar-refractivity contribution in [3.63, 3.8) is 0 Å². The van der Waals surface area contributed by atoms with E-state index in [4.69, 9.17) is 0 Å². The van der Waals surface area contributed by atoms with Gasteiger partial charge in [-0.3, -0.25) is 4.79 Å².